The Hall–Kier alpha value is -4.45. The van der Waals surface area contributed by atoms with E-state index in [0.29, 0.717) is 19.3 Å². The molecule has 0 bridgehead atoms. The molecule has 6 heteroatoms. The molecule has 0 aliphatic carbocycles. The van der Waals surface area contributed by atoms with E-state index in [2.05, 4.69) is 142 Å². The molecule has 0 aliphatic rings. The minimum atomic E-state index is -0.839. The summed E-state index contributed by atoms with van der Waals surface area (Å²) in [6, 6.07) is 0. The zero-order valence-electron chi connectivity index (χ0n) is 41.4. The van der Waals surface area contributed by atoms with Crippen LogP contribution in [-0.2, 0) is 28.6 Å². The van der Waals surface area contributed by atoms with Crippen molar-refractivity contribution in [3.8, 4) is 0 Å². The highest BCUT2D eigenvalue weighted by Gasteiger charge is 2.19. The van der Waals surface area contributed by atoms with Crippen molar-refractivity contribution in [1.29, 1.82) is 0 Å². The third-order valence-electron chi connectivity index (χ3n) is 10.1. The summed E-state index contributed by atoms with van der Waals surface area (Å²) >= 11 is 0. The maximum atomic E-state index is 12.8. The zero-order chi connectivity index (χ0) is 47.2. The fourth-order valence-electron chi connectivity index (χ4n) is 6.40. The summed E-state index contributed by atoms with van der Waals surface area (Å²) in [6.07, 6.45) is 73.1. The van der Waals surface area contributed by atoms with Crippen LogP contribution in [0.3, 0.4) is 0 Å². The van der Waals surface area contributed by atoms with E-state index in [0.717, 1.165) is 109 Å². The van der Waals surface area contributed by atoms with E-state index in [4.69, 9.17) is 14.2 Å². The zero-order valence-corrected chi connectivity index (χ0v) is 41.4. The van der Waals surface area contributed by atoms with E-state index in [9.17, 15) is 14.4 Å². The molecular formula is C59H92O6. The molecule has 0 spiro atoms. The number of ether oxygens (including phenoxy) is 3. The number of carbonyl (C=O) groups is 3. The summed E-state index contributed by atoms with van der Waals surface area (Å²) in [5, 5.41) is 0. The second-order valence-electron chi connectivity index (χ2n) is 16.3. The molecule has 0 radical (unpaired) electrons. The van der Waals surface area contributed by atoms with E-state index in [1.165, 1.54) is 38.5 Å². The number of rotatable bonds is 44. The van der Waals surface area contributed by atoms with E-state index < -0.39 is 12.1 Å². The monoisotopic (exact) mass is 897 g/mol. The minimum Gasteiger partial charge on any atom is -0.462 e. The summed E-state index contributed by atoms with van der Waals surface area (Å²) in [7, 11) is 0. The lowest BCUT2D eigenvalue weighted by molar-refractivity contribution is -0.166. The molecule has 0 amide bonds. The molecule has 0 aliphatic heterocycles. The molecular weight excluding hydrogens is 805 g/mol. The van der Waals surface area contributed by atoms with Gasteiger partial charge in [0.2, 0.25) is 0 Å². The Morgan fingerprint density at radius 1 is 0.308 bits per heavy atom. The summed E-state index contributed by atoms with van der Waals surface area (Å²) < 4.78 is 16.7. The van der Waals surface area contributed by atoms with Gasteiger partial charge in [0.1, 0.15) is 13.2 Å². The molecule has 364 valence electrons. The highest BCUT2D eigenvalue weighted by molar-refractivity contribution is 5.71. The Kier molecular flexibility index (Phi) is 48.6. The van der Waals surface area contributed by atoms with Crippen LogP contribution in [0.5, 0.6) is 0 Å². The molecule has 0 N–H and O–H groups in total. The highest BCUT2D eigenvalue weighted by Crippen LogP contribution is 2.13. The van der Waals surface area contributed by atoms with Crippen molar-refractivity contribution in [3.63, 3.8) is 0 Å². The molecule has 0 saturated carbocycles. The second-order valence-corrected chi connectivity index (χ2v) is 16.3. The van der Waals surface area contributed by atoms with Crippen LogP contribution in [0.4, 0.5) is 0 Å². The van der Waals surface area contributed by atoms with E-state index in [1.807, 2.05) is 12.2 Å². The van der Waals surface area contributed by atoms with Crippen LogP contribution in [0, 0.1) is 0 Å². The first kappa shape index (κ1) is 60.5. The van der Waals surface area contributed by atoms with Gasteiger partial charge < -0.3 is 14.2 Å². The molecule has 1 atom stereocenters. The molecule has 65 heavy (non-hydrogen) atoms. The number of allylic oxidation sites excluding steroid dienone is 22. The van der Waals surface area contributed by atoms with Crippen LogP contribution >= 0.6 is 0 Å². The average Bonchev–Trinajstić information content (AvgIpc) is 3.30. The predicted molar refractivity (Wildman–Crippen MR) is 279 cm³/mol. The number of esters is 3. The van der Waals surface area contributed by atoms with Gasteiger partial charge in [0.05, 0.1) is 0 Å². The first-order chi connectivity index (χ1) is 32.0. The van der Waals surface area contributed by atoms with Crippen molar-refractivity contribution in [2.75, 3.05) is 13.2 Å². The number of unbranched alkanes of at least 4 members (excludes halogenated alkanes) is 11. The summed E-state index contributed by atoms with van der Waals surface area (Å²) in [5.74, 6) is -1.07. The number of hydrogen-bond acceptors (Lipinski definition) is 6. The van der Waals surface area contributed by atoms with Crippen molar-refractivity contribution >= 4 is 17.9 Å². The van der Waals surface area contributed by atoms with Gasteiger partial charge in [-0.2, -0.15) is 0 Å². The molecule has 0 aromatic rings. The topological polar surface area (TPSA) is 78.9 Å². The largest absolute Gasteiger partial charge is 0.462 e. The lowest BCUT2D eigenvalue weighted by Crippen LogP contribution is -2.30. The standard InChI is InChI=1S/C59H92O6/c1-4-7-10-13-16-19-22-25-27-29-30-31-33-34-37-40-43-46-49-52-58(61)64-55-56(54-63-57(60)51-48-45-42-39-36-24-21-18-15-12-9-6-3)65-59(62)53-50-47-44-41-38-35-32-28-26-23-20-17-14-11-8-5-2/h7-12,16-21,25-28,35-36,38-39,44,47,56H,4-6,13-15,22-24,29-34,37,40-43,45-46,48-55H2,1-3H3/b10-7-,11-8-,12-9-,19-16-,20-17-,21-18-,27-25-,28-26-,38-35-,39-36-,47-44-. The fourth-order valence-corrected chi connectivity index (χ4v) is 6.40. The molecule has 0 aromatic carbocycles. The van der Waals surface area contributed by atoms with Crippen LogP contribution in [0.2, 0.25) is 0 Å². The SMILES string of the molecule is CC/C=C\C/C=C\C/C=C\C/C=C\C/C=C\CCC(=O)OC(COC(=O)CCCC/C=C\C/C=C\C/C=C\CC)COC(=O)CCCCCCCCCCC/C=C\C/C=C\C/C=C\CC. The van der Waals surface area contributed by atoms with E-state index in [-0.39, 0.29) is 38.0 Å². The lowest BCUT2D eigenvalue weighted by atomic mass is 10.1. The quantitative estimate of drug-likeness (QED) is 0.0262. The van der Waals surface area contributed by atoms with Crippen molar-refractivity contribution in [3.05, 3.63) is 134 Å². The van der Waals surface area contributed by atoms with Gasteiger partial charge in [-0.25, -0.2) is 0 Å². The van der Waals surface area contributed by atoms with Crippen LogP contribution in [-0.4, -0.2) is 37.2 Å². The summed E-state index contributed by atoms with van der Waals surface area (Å²) in [6.45, 7) is 6.17. The van der Waals surface area contributed by atoms with Crippen LogP contribution < -0.4 is 0 Å². The molecule has 1 unspecified atom stereocenters. The third-order valence-corrected chi connectivity index (χ3v) is 10.1. The highest BCUT2D eigenvalue weighted by atomic mass is 16.6. The molecule has 0 fully saturated rings. The number of hydrogen-bond donors (Lipinski definition) is 0. The van der Waals surface area contributed by atoms with Crippen molar-refractivity contribution in [1.82, 2.24) is 0 Å². The van der Waals surface area contributed by atoms with Gasteiger partial charge in [-0.05, 0) is 116 Å². The maximum Gasteiger partial charge on any atom is 0.306 e. The van der Waals surface area contributed by atoms with Gasteiger partial charge in [0, 0.05) is 19.3 Å². The Labute approximate surface area is 398 Å². The molecule has 0 heterocycles. The molecule has 0 rings (SSSR count). The second kappa shape index (κ2) is 52.2. The van der Waals surface area contributed by atoms with Crippen molar-refractivity contribution in [2.24, 2.45) is 0 Å². The Morgan fingerprint density at radius 2 is 0.585 bits per heavy atom. The number of carbonyl (C=O) groups excluding carboxylic acids is 3. The predicted octanol–water partition coefficient (Wildman–Crippen LogP) is 17.1. The lowest BCUT2D eigenvalue weighted by Gasteiger charge is -2.18. The average molecular weight is 897 g/mol. The van der Waals surface area contributed by atoms with Crippen molar-refractivity contribution < 1.29 is 28.6 Å². The summed E-state index contributed by atoms with van der Waals surface area (Å²) in [4.78, 5) is 37.9. The minimum absolute atomic E-state index is 0.128. The smallest absolute Gasteiger partial charge is 0.306 e. The van der Waals surface area contributed by atoms with Crippen LogP contribution in [0.1, 0.15) is 201 Å². The first-order valence-electron chi connectivity index (χ1n) is 25.7. The fraction of sp³-hybridized carbons (Fsp3) is 0.576. The molecule has 6 nitrogen and oxygen atoms in total. The van der Waals surface area contributed by atoms with Gasteiger partial charge in [0.15, 0.2) is 6.10 Å². The van der Waals surface area contributed by atoms with E-state index >= 15 is 0 Å². The van der Waals surface area contributed by atoms with Gasteiger partial charge in [-0.1, -0.05) is 199 Å². The van der Waals surface area contributed by atoms with Gasteiger partial charge in [-0.15, -0.1) is 0 Å². The Morgan fingerprint density at radius 3 is 0.954 bits per heavy atom. The van der Waals surface area contributed by atoms with Gasteiger partial charge in [0.25, 0.3) is 0 Å². The van der Waals surface area contributed by atoms with Crippen molar-refractivity contribution in [2.45, 2.75) is 207 Å². The van der Waals surface area contributed by atoms with Gasteiger partial charge >= 0.3 is 17.9 Å². The normalized spacial score (nSPS) is 13.2. The molecule has 0 aromatic heterocycles. The summed E-state index contributed by atoms with van der Waals surface area (Å²) in [5.41, 5.74) is 0. The van der Waals surface area contributed by atoms with Gasteiger partial charge in [-0.3, -0.25) is 14.4 Å². The van der Waals surface area contributed by atoms with Crippen LogP contribution in [0.15, 0.2) is 134 Å². The van der Waals surface area contributed by atoms with Crippen LogP contribution in [0.25, 0.3) is 0 Å². The van der Waals surface area contributed by atoms with E-state index in [1.54, 1.807) is 0 Å². The third kappa shape index (κ3) is 50.4. The Balaban J connectivity index is 4.53. The molecule has 0 saturated heterocycles. The maximum absolute atomic E-state index is 12.8. The first-order valence-corrected chi connectivity index (χ1v) is 25.7. The Bertz CT molecular complexity index is 1450.